The Morgan fingerprint density at radius 2 is 1.86 bits per heavy atom. The molecule has 0 spiro atoms. The second kappa shape index (κ2) is 10.9. The van der Waals surface area contributed by atoms with Crippen molar-refractivity contribution in [3.63, 3.8) is 0 Å². The van der Waals surface area contributed by atoms with Crippen molar-refractivity contribution >= 4 is 34.0 Å². The molecule has 0 atom stereocenters. The Bertz CT molecular complexity index is 842. The lowest BCUT2D eigenvalue weighted by atomic mass is 10.2. The second-order valence-corrected chi connectivity index (χ2v) is 6.15. The third-order valence-electron chi connectivity index (χ3n) is 3.33. The van der Waals surface area contributed by atoms with Gasteiger partial charge in [-0.15, -0.1) is 0 Å². The van der Waals surface area contributed by atoms with Crippen LogP contribution in [0.1, 0.15) is 5.56 Å². The minimum Gasteiger partial charge on any atom is -0.493 e. The summed E-state index contributed by atoms with van der Waals surface area (Å²) in [6, 6.07) is 12.3. The molecule has 2 aromatic rings. The fourth-order valence-corrected chi connectivity index (χ4v) is 2.60. The van der Waals surface area contributed by atoms with Crippen LogP contribution in [0.2, 0.25) is 0 Å². The summed E-state index contributed by atoms with van der Waals surface area (Å²) in [5.74, 6) is 0.422. The van der Waals surface area contributed by atoms with E-state index in [4.69, 9.17) is 14.2 Å². The zero-order chi connectivity index (χ0) is 20.4. The molecule has 2 rings (SSSR count). The predicted octanol–water partition coefficient (Wildman–Crippen LogP) is 2.54. The van der Waals surface area contributed by atoms with Gasteiger partial charge in [0.05, 0.1) is 24.9 Å². The summed E-state index contributed by atoms with van der Waals surface area (Å²) >= 11 is 3.36. The van der Waals surface area contributed by atoms with Crippen LogP contribution in [0.25, 0.3) is 0 Å². The molecule has 0 bridgehead atoms. The van der Waals surface area contributed by atoms with E-state index in [-0.39, 0.29) is 13.2 Å². The highest BCUT2D eigenvalue weighted by Gasteiger charge is 2.13. The Morgan fingerprint density at radius 3 is 2.54 bits per heavy atom. The summed E-state index contributed by atoms with van der Waals surface area (Å²) < 4.78 is 21.1. The SMILES string of the molecule is COC(=O)COc1c(Br)cc(/C=N\NC(=O)COc2ccccc2)cc1OC. The maximum Gasteiger partial charge on any atom is 0.343 e. The highest BCUT2D eigenvalue weighted by Crippen LogP contribution is 2.36. The van der Waals surface area contributed by atoms with E-state index < -0.39 is 11.9 Å². The van der Waals surface area contributed by atoms with Gasteiger partial charge in [-0.1, -0.05) is 18.2 Å². The largest absolute Gasteiger partial charge is 0.493 e. The third-order valence-corrected chi connectivity index (χ3v) is 3.92. The third kappa shape index (κ3) is 6.58. The van der Waals surface area contributed by atoms with Crippen molar-refractivity contribution in [1.82, 2.24) is 5.43 Å². The molecule has 0 saturated heterocycles. The zero-order valence-corrected chi connectivity index (χ0v) is 16.9. The van der Waals surface area contributed by atoms with E-state index in [1.165, 1.54) is 20.4 Å². The van der Waals surface area contributed by atoms with Crippen molar-refractivity contribution in [2.45, 2.75) is 0 Å². The molecule has 0 unspecified atom stereocenters. The fraction of sp³-hybridized carbons (Fsp3) is 0.211. The molecule has 0 aromatic heterocycles. The Hall–Kier alpha value is -3.07. The minimum absolute atomic E-state index is 0.158. The first-order valence-corrected chi connectivity index (χ1v) is 8.89. The first-order valence-electron chi connectivity index (χ1n) is 8.10. The van der Waals surface area contributed by atoms with Crippen molar-refractivity contribution in [2.24, 2.45) is 5.10 Å². The topological polar surface area (TPSA) is 95.5 Å². The average molecular weight is 451 g/mol. The van der Waals surface area contributed by atoms with Gasteiger partial charge < -0.3 is 18.9 Å². The highest BCUT2D eigenvalue weighted by molar-refractivity contribution is 9.10. The van der Waals surface area contributed by atoms with Gasteiger partial charge in [0.1, 0.15) is 5.75 Å². The van der Waals surface area contributed by atoms with Crippen LogP contribution in [-0.2, 0) is 14.3 Å². The molecular weight excluding hydrogens is 432 g/mol. The Balaban J connectivity index is 1.94. The zero-order valence-electron chi connectivity index (χ0n) is 15.3. The molecular formula is C19H19BrN2O6. The standard InChI is InChI=1S/C19H19BrN2O6/c1-25-16-9-13(8-15(20)19(16)28-12-18(24)26-2)10-21-22-17(23)11-27-14-6-4-3-5-7-14/h3-10H,11-12H2,1-2H3,(H,22,23)/b21-10-. The lowest BCUT2D eigenvalue weighted by molar-refractivity contribution is -0.143. The molecule has 28 heavy (non-hydrogen) atoms. The van der Waals surface area contributed by atoms with Gasteiger partial charge >= 0.3 is 5.97 Å². The molecule has 0 aliphatic heterocycles. The molecule has 1 amide bonds. The number of carbonyl (C=O) groups excluding carboxylic acids is 2. The van der Waals surface area contributed by atoms with Crippen LogP contribution in [0.3, 0.4) is 0 Å². The normalized spacial score (nSPS) is 10.4. The molecule has 0 fully saturated rings. The van der Waals surface area contributed by atoms with Gasteiger partial charge in [-0.05, 0) is 45.8 Å². The van der Waals surface area contributed by atoms with Gasteiger partial charge in [0.2, 0.25) is 0 Å². The number of carbonyl (C=O) groups is 2. The molecule has 0 heterocycles. The van der Waals surface area contributed by atoms with Crippen molar-refractivity contribution in [2.75, 3.05) is 27.4 Å². The van der Waals surface area contributed by atoms with Gasteiger partial charge in [0.15, 0.2) is 24.7 Å². The molecule has 0 aliphatic rings. The number of hydrogen-bond donors (Lipinski definition) is 1. The van der Waals surface area contributed by atoms with Crippen molar-refractivity contribution in [3.8, 4) is 17.2 Å². The Labute approximate surface area is 170 Å². The molecule has 0 radical (unpaired) electrons. The van der Waals surface area contributed by atoms with Crippen LogP contribution >= 0.6 is 15.9 Å². The van der Waals surface area contributed by atoms with Crippen molar-refractivity contribution < 1.29 is 28.5 Å². The quantitative estimate of drug-likeness (QED) is 0.358. The monoisotopic (exact) mass is 450 g/mol. The smallest absolute Gasteiger partial charge is 0.343 e. The predicted molar refractivity (Wildman–Crippen MR) is 106 cm³/mol. The van der Waals surface area contributed by atoms with Gasteiger partial charge in [-0.25, -0.2) is 10.2 Å². The first kappa shape index (κ1) is 21.2. The number of hydrogen-bond acceptors (Lipinski definition) is 7. The minimum atomic E-state index is -0.514. The van der Waals surface area contributed by atoms with Crippen LogP contribution in [0, 0.1) is 0 Å². The number of ether oxygens (including phenoxy) is 4. The number of benzene rings is 2. The summed E-state index contributed by atoms with van der Waals surface area (Å²) in [7, 11) is 2.74. The number of para-hydroxylation sites is 1. The van der Waals surface area contributed by atoms with Gasteiger partial charge in [0, 0.05) is 0 Å². The van der Waals surface area contributed by atoms with Crippen LogP contribution in [0.15, 0.2) is 52.0 Å². The summed E-state index contributed by atoms with van der Waals surface area (Å²) in [5.41, 5.74) is 3.02. The van der Waals surface area contributed by atoms with E-state index in [0.717, 1.165) is 0 Å². The first-order chi connectivity index (χ1) is 13.5. The van der Waals surface area contributed by atoms with Gasteiger partial charge in [-0.3, -0.25) is 4.79 Å². The molecule has 0 saturated carbocycles. The van der Waals surface area contributed by atoms with E-state index in [2.05, 4.69) is 31.2 Å². The molecule has 148 valence electrons. The number of methoxy groups -OCH3 is 2. The lowest BCUT2D eigenvalue weighted by Crippen LogP contribution is -2.24. The van der Waals surface area contributed by atoms with Gasteiger partial charge in [-0.2, -0.15) is 5.10 Å². The fourth-order valence-electron chi connectivity index (χ4n) is 2.02. The molecule has 0 aliphatic carbocycles. The molecule has 2 aromatic carbocycles. The van der Waals surface area contributed by atoms with Crippen LogP contribution < -0.4 is 19.6 Å². The molecule has 1 N–H and O–H groups in total. The number of hydrazone groups is 1. The van der Waals surface area contributed by atoms with Crippen LogP contribution in [-0.4, -0.2) is 45.5 Å². The highest BCUT2D eigenvalue weighted by atomic mass is 79.9. The van der Waals surface area contributed by atoms with Crippen molar-refractivity contribution in [3.05, 3.63) is 52.5 Å². The number of amides is 1. The number of esters is 1. The summed E-state index contributed by atoms with van der Waals surface area (Å²) in [6.07, 6.45) is 1.44. The maximum absolute atomic E-state index is 11.8. The van der Waals surface area contributed by atoms with E-state index >= 15 is 0 Å². The summed E-state index contributed by atoms with van der Waals surface area (Å²) in [5, 5.41) is 3.89. The van der Waals surface area contributed by atoms with Gasteiger partial charge in [0.25, 0.3) is 5.91 Å². The molecule has 9 heteroatoms. The van der Waals surface area contributed by atoms with Crippen molar-refractivity contribution in [1.29, 1.82) is 0 Å². The van der Waals surface area contributed by atoms with E-state index in [0.29, 0.717) is 27.3 Å². The number of rotatable bonds is 9. The Morgan fingerprint density at radius 1 is 1.11 bits per heavy atom. The molecule has 8 nitrogen and oxygen atoms in total. The average Bonchev–Trinajstić information content (AvgIpc) is 2.71. The lowest BCUT2D eigenvalue weighted by Gasteiger charge is -2.12. The number of nitrogens with one attached hydrogen (secondary N) is 1. The summed E-state index contributed by atoms with van der Waals surface area (Å²) in [6.45, 7) is -0.412. The number of halogens is 1. The number of nitrogens with zero attached hydrogens (tertiary/aromatic N) is 1. The van der Waals surface area contributed by atoms with Crippen LogP contribution in [0.5, 0.6) is 17.2 Å². The maximum atomic E-state index is 11.8. The second-order valence-electron chi connectivity index (χ2n) is 5.29. The summed E-state index contributed by atoms with van der Waals surface area (Å²) in [4.78, 5) is 23.0. The Kier molecular flexibility index (Phi) is 8.29. The van der Waals surface area contributed by atoms with E-state index in [9.17, 15) is 9.59 Å². The van der Waals surface area contributed by atoms with E-state index in [1.54, 1.807) is 24.3 Å². The van der Waals surface area contributed by atoms with Crippen LogP contribution in [0.4, 0.5) is 0 Å². The van der Waals surface area contributed by atoms with E-state index in [1.807, 2.05) is 18.2 Å².